The van der Waals surface area contributed by atoms with E-state index in [0.29, 0.717) is 28.1 Å². The third-order valence-electron chi connectivity index (χ3n) is 3.25. The highest BCUT2D eigenvalue weighted by Gasteiger charge is 2.15. The first-order valence-electron chi connectivity index (χ1n) is 6.70. The van der Waals surface area contributed by atoms with E-state index in [0.717, 1.165) is 4.68 Å². The van der Waals surface area contributed by atoms with E-state index in [1.807, 2.05) is 0 Å². The number of halogens is 1. The van der Waals surface area contributed by atoms with Crippen LogP contribution in [0, 0.1) is 0 Å². The Morgan fingerprint density at radius 2 is 2.09 bits per heavy atom. The molecule has 8 heteroatoms. The lowest BCUT2D eigenvalue weighted by Crippen LogP contribution is -2.23. The van der Waals surface area contributed by atoms with Gasteiger partial charge in [0.1, 0.15) is 24.7 Å². The number of aldehydes is 1. The molecule has 0 atom stereocenters. The Labute approximate surface area is 133 Å². The number of carbonyl (C=O) groups excluding carboxylic acids is 1. The highest BCUT2D eigenvalue weighted by Crippen LogP contribution is 2.26. The van der Waals surface area contributed by atoms with Crippen molar-refractivity contribution in [1.29, 1.82) is 0 Å². The molecule has 118 valence electrons. The van der Waals surface area contributed by atoms with Crippen molar-refractivity contribution in [3.8, 4) is 11.4 Å². The molecule has 0 saturated carbocycles. The summed E-state index contributed by atoms with van der Waals surface area (Å²) in [4.78, 5) is 23.8. The number of carbonyl (C=O) groups is 1. The van der Waals surface area contributed by atoms with Crippen LogP contribution in [0.1, 0.15) is 10.5 Å². The average molecular weight is 333 g/mol. The SMILES string of the molecule is Nc1scc2c(C=O)nn(-c3ccc(OCCF)cc3)c(=O)c12. The molecular formula is C15H12FN3O3S. The molecule has 0 saturated heterocycles. The minimum atomic E-state index is -0.584. The smallest absolute Gasteiger partial charge is 0.282 e. The van der Waals surface area contributed by atoms with Gasteiger partial charge in [-0.15, -0.1) is 11.3 Å². The number of anilines is 1. The average Bonchev–Trinajstić information content (AvgIpc) is 2.96. The Morgan fingerprint density at radius 1 is 1.35 bits per heavy atom. The zero-order valence-electron chi connectivity index (χ0n) is 11.9. The molecule has 0 radical (unpaired) electrons. The molecule has 0 amide bonds. The van der Waals surface area contributed by atoms with E-state index in [1.165, 1.54) is 11.3 Å². The third kappa shape index (κ3) is 2.68. The van der Waals surface area contributed by atoms with Crippen molar-refractivity contribution in [1.82, 2.24) is 9.78 Å². The number of benzene rings is 1. The molecule has 2 heterocycles. The van der Waals surface area contributed by atoms with E-state index < -0.39 is 12.2 Å². The summed E-state index contributed by atoms with van der Waals surface area (Å²) in [6.45, 7) is -0.621. The van der Waals surface area contributed by atoms with Crippen LogP contribution in [-0.2, 0) is 0 Å². The van der Waals surface area contributed by atoms with Crippen LogP contribution in [0.5, 0.6) is 5.75 Å². The highest BCUT2D eigenvalue weighted by atomic mass is 32.1. The lowest BCUT2D eigenvalue weighted by Gasteiger charge is -2.08. The van der Waals surface area contributed by atoms with E-state index in [9.17, 15) is 14.0 Å². The summed E-state index contributed by atoms with van der Waals surface area (Å²) in [5.41, 5.74) is 6.03. The highest BCUT2D eigenvalue weighted by molar-refractivity contribution is 7.15. The van der Waals surface area contributed by atoms with Gasteiger partial charge in [0.15, 0.2) is 6.29 Å². The first-order valence-corrected chi connectivity index (χ1v) is 7.58. The zero-order chi connectivity index (χ0) is 16.4. The fraction of sp³-hybridized carbons (Fsp3) is 0.133. The number of aromatic nitrogens is 2. The van der Waals surface area contributed by atoms with Gasteiger partial charge in [0, 0.05) is 10.8 Å². The van der Waals surface area contributed by atoms with Gasteiger partial charge in [-0.25, -0.2) is 4.39 Å². The van der Waals surface area contributed by atoms with Gasteiger partial charge in [0.25, 0.3) is 5.56 Å². The molecule has 0 aliphatic rings. The van der Waals surface area contributed by atoms with Gasteiger partial charge in [0.2, 0.25) is 0 Å². The molecule has 3 rings (SSSR count). The number of nitrogen functional groups attached to an aromatic ring is 1. The maximum absolute atomic E-state index is 12.6. The van der Waals surface area contributed by atoms with Crippen LogP contribution >= 0.6 is 11.3 Å². The minimum Gasteiger partial charge on any atom is -0.491 e. The predicted octanol–water partition coefficient (Wildman–Crippen LogP) is 2.19. The molecule has 3 aromatic rings. The summed E-state index contributed by atoms with van der Waals surface area (Å²) < 4.78 is 18.4. The molecule has 0 aliphatic heterocycles. The van der Waals surface area contributed by atoms with Crippen LogP contribution in [0.25, 0.3) is 16.5 Å². The van der Waals surface area contributed by atoms with Crippen LogP contribution in [0.15, 0.2) is 34.4 Å². The number of hydrogen-bond donors (Lipinski definition) is 1. The molecule has 2 N–H and O–H groups in total. The molecule has 2 aromatic heterocycles. The van der Waals surface area contributed by atoms with Crippen LogP contribution in [0.3, 0.4) is 0 Å². The Balaban J connectivity index is 2.12. The van der Waals surface area contributed by atoms with Gasteiger partial charge in [-0.1, -0.05) is 0 Å². The van der Waals surface area contributed by atoms with E-state index in [2.05, 4.69) is 5.10 Å². The first-order chi connectivity index (χ1) is 11.2. The number of fused-ring (bicyclic) bond motifs is 1. The lowest BCUT2D eigenvalue weighted by molar-refractivity contribution is 0.111. The van der Waals surface area contributed by atoms with Crippen LogP contribution < -0.4 is 16.0 Å². The maximum atomic E-state index is 12.6. The molecule has 0 fully saturated rings. The Bertz CT molecular complexity index is 918. The van der Waals surface area contributed by atoms with Crippen molar-refractivity contribution in [2.24, 2.45) is 0 Å². The zero-order valence-corrected chi connectivity index (χ0v) is 12.7. The fourth-order valence-corrected chi connectivity index (χ4v) is 3.00. The largest absolute Gasteiger partial charge is 0.491 e. The number of ether oxygens (including phenoxy) is 1. The second-order valence-electron chi connectivity index (χ2n) is 4.64. The molecule has 6 nitrogen and oxygen atoms in total. The molecule has 0 bridgehead atoms. The number of nitrogens with zero attached hydrogens (tertiary/aromatic N) is 2. The van der Waals surface area contributed by atoms with Crippen LogP contribution in [0.2, 0.25) is 0 Å². The summed E-state index contributed by atoms with van der Waals surface area (Å²) in [5, 5.41) is 6.79. The van der Waals surface area contributed by atoms with E-state index in [1.54, 1.807) is 29.6 Å². The number of nitrogens with two attached hydrogens (primary N) is 1. The molecule has 0 unspecified atom stereocenters. The fourth-order valence-electron chi connectivity index (χ4n) is 2.20. The number of thiophene rings is 1. The van der Waals surface area contributed by atoms with Crippen molar-refractivity contribution < 1.29 is 13.9 Å². The van der Waals surface area contributed by atoms with E-state index >= 15 is 0 Å². The van der Waals surface area contributed by atoms with Crippen molar-refractivity contribution in [3.05, 3.63) is 45.7 Å². The minimum absolute atomic E-state index is 0.0375. The topological polar surface area (TPSA) is 87.2 Å². The number of alkyl halides is 1. The van der Waals surface area contributed by atoms with E-state index in [4.69, 9.17) is 10.5 Å². The molecule has 23 heavy (non-hydrogen) atoms. The van der Waals surface area contributed by atoms with Gasteiger partial charge >= 0.3 is 0 Å². The second-order valence-corrected chi connectivity index (χ2v) is 5.55. The summed E-state index contributed by atoms with van der Waals surface area (Å²) in [7, 11) is 0. The molecule has 1 aromatic carbocycles. The van der Waals surface area contributed by atoms with Gasteiger partial charge in [-0.3, -0.25) is 9.59 Å². The lowest BCUT2D eigenvalue weighted by atomic mass is 10.2. The number of rotatable bonds is 5. The first kappa shape index (κ1) is 15.2. The molecule has 0 spiro atoms. The second kappa shape index (κ2) is 6.17. The third-order valence-corrected chi connectivity index (χ3v) is 4.06. The standard InChI is InChI=1S/C15H12FN3O3S/c16-5-6-22-10-3-1-9(2-4-10)19-15(21)13-11(8-23-14(13)17)12(7-20)18-19/h1-4,7-8H,5-6,17H2. The maximum Gasteiger partial charge on any atom is 0.282 e. The van der Waals surface area contributed by atoms with Gasteiger partial charge in [-0.05, 0) is 24.3 Å². The van der Waals surface area contributed by atoms with Crippen LogP contribution in [-0.4, -0.2) is 29.3 Å². The van der Waals surface area contributed by atoms with Gasteiger partial charge in [-0.2, -0.15) is 9.78 Å². The van der Waals surface area contributed by atoms with Gasteiger partial charge < -0.3 is 10.5 Å². The monoisotopic (exact) mass is 333 g/mol. The van der Waals surface area contributed by atoms with E-state index in [-0.39, 0.29) is 17.7 Å². The summed E-state index contributed by atoms with van der Waals surface area (Å²) >= 11 is 1.19. The van der Waals surface area contributed by atoms with Crippen molar-refractivity contribution in [3.63, 3.8) is 0 Å². The van der Waals surface area contributed by atoms with Gasteiger partial charge in [0.05, 0.1) is 16.1 Å². The van der Waals surface area contributed by atoms with Crippen molar-refractivity contribution in [2.75, 3.05) is 19.0 Å². The quantitative estimate of drug-likeness (QED) is 0.723. The molecule has 0 aliphatic carbocycles. The van der Waals surface area contributed by atoms with Crippen LogP contribution in [0.4, 0.5) is 9.39 Å². The van der Waals surface area contributed by atoms with Crippen molar-refractivity contribution in [2.45, 2.75) is 0 Å². The Hall–Kier alpha value is -2.74. The Morgan fingerprint density at radius 3 is 2.74 bits per heavy atom. The number of hydrogen-bond acceptors (Lipinski definition) is 6. The normalized spacial score (nSPS) is 10.8. The Kier molecular flexibility index (Phi) is 4.07. The summed E-state index contributed by atoms with van der Waals surface area (Å²) in [5.74, 6) is 0.478. The van der Waals surface area contributed by atoms with Crippen molar-refractivity contribution >= 4 is 33.4 Å². The summed E-state index contributed by atoms with van der Waals surface area (Å²) in [6.07, 6.45) is 0.586. The predicted molar refractivity (Wildman–Crippen MR) is 86.5 cm³/mol. The molecular weight excluding hydrogens is 321 g/mol. The summed E-state index contributed by atoms with van der Waals surface area (Å²) in [6, 6.07) is 6.40.